The van der Waals surface area contributed by atoms with E-state index in [0.29, 0.717) is 17.9 Å². The third kappa shape index (κ3) is 6.91. The molecular weight excluding hydrogens is 390 g/mol. The lowest BCUT2D eigenvalue weighted by atomic mass is 10.0. The molecule has 31 heavy (non-hydrogen) atoms. The van der Waals surface area contributed by atoms with Crippen molar-refractivity contribution in [1.82, 2.24) is 10.2 Å². The number of nitrogens with zero attached hydrogens (tertiary/aromatic N) is 1. The van der Waals surface area contributed by atoms with Gasteiger partial charge in [0.25, 0.3) is 11.8 Å². The van der Waals surface area contributed by atoms with Gasteiger partial charge in [0.15, 0.2) is 0 Å². The van der Waals surface area contributed by atoms with Crippen LogP contribution in [0.25, 0.3) is 0 Å². The Bertz CT molecular complexity index is 863. The van der Waals surface area contributed by atoms with Crippen LogP contribution < -0.4 is 10.6 Å². The van der Waals surface area contributed by atoms with Crippen molar-refractivity contribution in [2.24, 2.45) is 5.92 Å². The Morgan fingerprint density at radius 2 is 1.90 bits per heavy atom. The molecule has 1 aliphatic heterocycles. The molecule has 6 nitrogen and oxygen atoms in total. The zero-order chi connectivity index (χ0) is 22.2. The third-order valence-corrected chi connectivity index (χ3v) is 5.54. The summed E-state index contributed by atoms with van der Waals surface area (Å²) in [5.41, 5.74) is 2.38. The molecule has 2 atom stereocenters. The van der Waals surface area contributed by atoms with Gasteiger partial charge in [-0.15, -0.1) is 0 Å². The standard InChI is InChI=1S/C25H33N3O3/c1-18(2)22(17-28(3)16-19-9-5-4-6-10-19)27-24(29)20-11-7-12-21(15-20)26-25(30)23-13-8-14-31-23/h4-7,9-12,15,18,22-23H,8,13-14,16-17H2,1-3H3,(H,26,30)(H,27,29)/t22-,23-/m1/s1. The summed E-state index contributed by atoms with van der Waals surface area (Å²) in [5.74, 6) is -0.0118. The van der Waals surface area contributed by atoms with Gasteiger partial charge in [-0.25, -0.2) is 0 Å². The van der Waals surface area contributed by atoms with E-state index in [9.17, 15) is 9.59 Å². The summed E-state index contributed by atoms with van der Waals surface area (Å²) >= 11 is 0. The summed E-state index contributed by atoms with van der Waals surface area (Å²) in [6, 6.07) is 17.4. The van der Waals surface area contributed by atoms with Crippen LogP contribution in [-0.4, -0.2) is 49.1 Å². The highest BCUT2D eigenvalue weighted by Crippen LogP contribution is 2.17. The highest BCUT2D eigenvalue weighted by Gasteiger charge is 2.24. The maximum absolute atomic E-state index is 12.9. The Balaban J connectivity index is 1.59. The number of anilines is 1. The van der Waals surface area contributed by atoms with Crippen LogP contribution in [0.4, 0.5) is 5.69 Å². The van der Waals surface area contributed by atoms with Crippen molar-refractivity contribution in [3.8, 4) is 0 Å². The molecule has 6 heteroatoms. The van der Waals surface area contributed by atoms with Crippen LogP contribution in [0.2, 0.25) is 0 Å². The number of ether oxygens (including phenoxy) is 1. The van der Waals surface area contributed by atoms with Gasteiger partial charge in [-0.2, -0.15) is 0 Å². The van der Waals surface area contributed by atoms with Crippen LogP contribution in [0, 0.1) is 5.92 Å². The molecule has 0 spiro atoms. The van der Waals surface area contributed by atoms with E-state index in [2.05, 4.69) is 48.6 Å². The largest absolute Gasteiger partial charge is 0.368 e. The van der Waals surface area contributed by atoms with Crippen molar-refractivity contribution in [3.63, 3.8) is 0 Å². The van der Waals surface area contributed by atoms with E-state index >= 15 is 0 Å². The molecule has 0 saturated carbocycles. The van der Waals surface area contributed by atoms with E-state index in [-0.39, 0.29) is 23.8 Å². The maximum Gasteiger partial charge on any atom is 0.253 e. The average molecular weight is 424 g/mol. The second kappa shape index (κ2) is 11.1. The van der Waals surface area contributed by atoms with Crippen LogP contribution in [0.5, 0.6) is 0 Å². The Hall–Kier alpha value is -2.70. The number of amides is 2. The minimum atomic E-state index is -0.400. The first kappa shape index (κ1) is 23.0. The fourth-order valence-corrected chi connectivity index (χ4v) is 3.72. The average Bonchev–Trinajstić information content (AvgIpc) is 3.29. The van der Waals surface area contributed by atoms with Crippen molar-refractivity contribution >= 4 is 17.5 Å². The molecule has 3 rings (SSSR count). The van der Waals surface area contributed by atoms with Gasteiger partial charge in [-0.3, -0.25) is 9.59 Å². The van der Waals surface area contributed by atoms with Gasteiger partial charge in [0.2, 0.25) is 0 Å². The smallest absolute Gasteiger partial charge is 0.253 e. The summed E-state index contributed by atoms with van der Waals surface area (Å²) < 4.78 is 5.43. The molecule has 1 saturated heterocycles. The summed E-state index contributed by atoms with van der Waals surface area (Å²) in [5, 5.41) is 6.03. The van der Waals surface area contributed by atoms with Crippen molar-refractivity contribution in [2.75, 3.05) is 25.5 Å². The molecular formula is C25H33N3O3. The summed E-state index contributed by atoms with van der Waals surface area (Å²) in [4.78, 5) is 27.4. The first-order chi connectivity index (χ1) is 14.9. The predicted octanol–water partition coefficient (Wildman–Crippen LogP) is 3.69. The highest BCUT2D eigenvalue weighted by atomic mass is 16.5. The van der Waals surface area contributed by atoms with E-state index in [1.807, 2.05) is 18.2 Å². The van der Waals surface area contributed by atoms with Crippen molar-refractivity contribution in [1.29, 1.82) is 0 Å². The number of benzene rings is 2. The molecule has 0 radical (unpaired) electrons. The highest BCUT2D eigenvalue weighted by molar-refractivity contribution is 5.98. The van der Waals surface area contributed by atoms with Crippen LogP contribution in [0.1, 0.15) is 42.6 Å². The van der Waals surface area contributed by atoms with Gasteiger partial charge >= 0.3 is 0 Å². The number of nitrogens with one attached hydrogen (secondary N) is 2. The number of carbonyl (C=O) groups is 2. The molecule has 2 N–H and O–H groups in total. The molecule has 1 fully saturated rings. The normalized spacial score (nSPS) is 17.0. The van der Waals surface area contributed by atoms with Gasteiger partial charge in [0, 0.05) is 37.0 Å². The van der Waals surface area contributed by atoms with E-state index in [1.54, 1.807) is 24.3 Å². The van der Waals surface area contributed by atoms with Gasteiger partial charge in [0.05, 0.1) is 0 Å². The van der Waals surface area contributed by atoms with Crippen molar-refractivity contribution < 1.29 is 14.3 Å². The lowest BCUT2D eigenvalue weighted by Gasteiger charge is -2.28. The molecule has 0 unspecified atom stereocenters. The van der Waals surface area contributed by atoms with E-state index in [4.69, 9.17) is 4.74 Å². The molecule has 2 aromatic carbocycles. The first-order valence-electron chi connectivity index (χ1n) is 11.0. The number of carbonyl (C=O) groups excluding carboxylic acids is 2. The number of hydrogen-bond acceptors (Lipinski definition) is 4. The van der Waals surface area contributed by atoms with E-state index in [0.717, 1.165) is 25.9 Å². The number of hydrogen-bond donors (Lipinski definition) is 2. The minimum absolute atomic E-state index is 0.00588. The van der Waals surface area contributed by atoms with Crippen LogP contribution >= 0.6 is 0 Å². The second-order valence-electron chi connectivity index (χ2n) is 8.58. The molecule has 1 aliphatic rings. The van der Waals surface area contributed by atoms with E-state index < -0.39 is 6.10 Å². The molecule has 1 heterocycles. The zero-order valence-corrected chi connectivity index (χ0v) is 18.6. The fourth-order valence-electron chi connectivity index (χ4n) is 3.72. The topological polar surface area (TPSA) is 70.7 Å². The summed E-state index contributed by atoms with van der Waals surface area (Å²) in [6.07, 6.45) is 1.23. The number of rotatable bonds is 9. The summed E-state index contributed by atoms with van der Waals surface area (Å²) in [7, 11) is 2.07. The second-order valence-corrected chi connectivity index (χ2v) is 8.58. The maximum atomic E-state index is 12.9. The molecule has 0 aliphatic carbocycles. The Kier molecular flexibility index (Phi) is 8.20. The van der Waals surface area contributed by atoms with Gasteiger partial charge in [0.1, 0.15) is 6.10 Å². The quantitative estimate of drug-likeness (QED) is 0.645. The Morgan fingerprint density at radius 1 is 1.13 bits per heavy atom. The van der Waals surface area contributed by atoms with Gasteiger partial charge in [-0.05, 0) is 49.6 Å². The van der Waals surface area contributed by atoms with Crippen molar-refractivity contribution in [3.05, 3.63) is 65.7 Å². The van der Waals surface area contributed by atoms with Gasteiger partial charge in [-0.1, -0.05) is 50.2 Å². The molecule has 0 aromatic heterocycles. The van der Waals surface area contributed by atoms with Crippen molar-refractivity contribution in [2.45, 2.75) is 45.4 Å². The monoisotopic (exact) mass is 423 g/mol. The predicted molar refractivity (Wildman–Crippen MR) is 123 cm³/mol. The molecule has 166 valence electrons. The lowest BCUT2D eigenvalue weighted by Crippen LogP contribution is -2.45. The molecule has 2 aromatic rings. The fraction of sp³-hybridized carbons (Fsp3) is 0.440. The van der Waals surface area contributed by atoms with Crippen LogP contribution in [0.15, 0.2) is 54.6 Å². The molecule has 0 bridgehead atoms. The van der Waals surface area contributed by atoms with Crippen LogP contribution in [0.3, 0.4) is 0 Å². The van der Waals surface area contributed by atoms with Gasteiger partial charge < -0.3 is 20.3 Å². The SMILES string of the molecule is CC(C)[C@@H](CN(C)Cc1ccccc1)NC(=O)c1cccc(NC(=O)[C@H]2CCCO2)c1. The lowest BCUT2D eigenvalue weighted by molar-refractivity contribution is -0.124. The zero-order valence-electron chi connectivity index (χ0n) is 18.6. The van der Waals surface area contributed by atoms with E-state index in [1.165, 1.54) is 5.56 Å². The molecule has 2 amide bonds. The summed E-state index contributed by atoms with van der Waals surface area (Å²) in [6.45, 7) is 6.41. The van der Waals surface area contributed by atoms with Crippen LogP contribution in [-0.2, 0) is 16.1 Å². The first-order valence-corrected chi connectivity index (χ1v) is 11.0. The number of likely N-dealkylation sites (N-methyl/N-ethyl adjacent to an activating group) is 1. The Morgan fingerprint density at radius 3 is 2.58 bits per heavy atom. The minimum Gasteiger partial charge on any atom is -0.368 e. The Labute approximate surface area is 185 Å². The third-order valence-electron chi connectivity index (χ3n) is 5.54.